The molecule has 1 unspecified atom stereocenters. The van der Waals surface area contributed by atoms with Crippen molar-refractivity contribution in [3.8, 4) is 17.2 Å². The average molecular weight is 664 g/mol. The zero-order valence-electron chi connectivity index (χ0n) is 28.6. The zero-order valence-corrected chi connectivity index (χ0v) is 28.6. The maximum Gasteiger partial charge on any atom is 0.349 e. The van der Waals surface area contributed by atoms with E-state index in [-0.39, 0.29) is 36.4 Å². The second-order valence-electron chi connectivity index (χ2n) is 12.5. The van der Waals surface area contributed by atoms with Crippen LogP contribution in [0.2, 0.25) is 0 Å². The summed E-state index contributed by atoms with van der Waals surface area (Å²) >= 11 is 0. The SMILES string of the molecule is CCN(CC)C(=O)c1cccc(C(c2cccc(O)c2)N2C[C@@H](C)N(Cc3cccc(OCC(=O)Oc4cccc(C=O)c4)c3)C[C@@H]2C)c1. The molecule has 1 N–H and O–H groups in total. The first-order valence-corrected chi connectivity index (χ1v) is 16.8. The van der Waals surface area contributed by atoms with E-state index < -0.39 is 5.97 Å². The van der Waals surface area contributed by atoms with Gasteiger partial charge in [0.25, 0.3) is 5.91 Å². The number of hydrogen-bond acceptors (Lipinski definition) is 8. The van der Waals surface area contributed by atoms with Gasteiger partial charge in [-0.15, -0.1) is 0 Å². The zero-order chi connectivity index (χ0) is 34.9. The number of aldehydes is 1. The lowest BCUT2D eigenvalue weighted by Crippen LogP contribution is -2.56. The van der Waals surface area contributed by atoms with Crippen LogP contribution in [0.5, 0.6) is 17.2 Å². The highest BCUT2D eigenvalue weighted by Gasteiger charge is 2.35. The number of aromatic hydroxyl groups is 1. The molecule has 1 aliphatic rings. The number of ether oxygens (including phenoxy) is 2. The summed E-state index contributed by atoms with van der Waals surface area (Å²) in [5, 5.41) is 10.5. The maximum atomic E-state index is 13.3. The molecule has 4 aromatic rings. The molecule has 256 valence electrons. The van der Waals surface area contributed by atoms with Crippen LogP contribution in [-0.2, 0) is 11.3 Å². The Labute approximate surface area is 288 Å². The van der Waals surface area contributed by atoms with Crippen molar-refractivity contribution in [1.82, 2.24) is 14.7 Å². The van der Waals surface area contributed by atoms with Crippen molar-refractivity contribution >= 4 is 18.2 Å². The molecule has 9 nitrogen and oxygen atoms in total. The monoisotopic (exact) mass is 663 g/mol. The summed E-state index contributed by atoms with van der Waals surface area (Å²) in [6, 6.07) is 29.6. The van der Waals surface area contributed by atoms with Gasteiger partial charge in [-0.1, -0.05) is 48.5 Å². The van der Waals surface area contributed by atoms with E-state index in [9.17, 15) is 19.5 Å². The minimum atomic E-state index is -0.559. The molecule has 1 heterocycles. The van der Waals surface area contributed by atoms with Crippen molar-refractivity contribution in [2.75, 3.05) is 32.8 Å². The third-order valence-electron chi connectivity index (χ3n) is 9.05. The smallest absolute Gasteiger partial charge is 0.349 e. The normalized spacial score (nSPS) is 17.2. The molecule has 0 bridgehead atoms. The van der Waals surface area contributed by atoms with Gasteiger partial charge in [0.15, 0.2) is 6.61 Å². The van der Waals surface area contributed by atoms with Gasteiger partial charge < -0.3 is 19.5 Å². The molecule has 9 heteroatoms. The molecule has 5 rings (SSSR count). The Kier molecular flexibility index (Phi) is 11.8. The van der Waals surface area contributed by atoms with Crippen molar-refractivity contribution in [3.05, 3.63) is 125 Å². The number of piperazine rings is 1. The first-order chi connectivity index (χ1) is 23.7. The standard InChI is InChI=1S/C40H45N3O6/c1-5-41(6-2)40(47)34-15-9-13-32(21-34)39(33-14-10-16-35(45)22-33)43-24-28(3)42(23-29(43)4)25-30-11-7-17-36(19-30)48-27-38(46)49-37-18-8-12-31(20-37)26-44/h7-22,26,28-29,39,45H,5-6,23-25,27H2,1-4H3/t28-,29+,39?/m1/s1. The molecule has 0 aliphatic carbocycles. The number of benzene rings is 4. The molecular weight excluding hydrogens is 618 g/mol. The molecule has 1 saturated heterocycles. The molecule has 1 amide bonds. The van der Waals surface area contributed by atoms with Crippen LogP contribution < -0.4 is 9.47 Å². The average Bonchev–Trinajstić information content (AvgIpc) is 3.10. The molecule has 49 heavy (non-hydrogen) atoms. The van der Waals surface area contributed by atoms with Crippen LogP contribution in [0.4, 0.5) is 0 Å². The lowest BCUT2D eigenvalue weighted by atomic mass is 9.92. The van der Waals surface area contributed by atoms with Crippen LogP contribution in [0, 0.1) is 0 Å². The summed E-state index contributed by atoms with van der Waals surface area (Å²) in [4.78, 5) is 43.5. The molecule has 0 saturated carbocycles. The van der Waals surface area contributed by atoms with Gasteiger partial charge in [-0.05, 0) is 92.9 Å². The van der Waals surface area contributed by atoms with Crippen LogP contribution in [0.15, 0.2) is 97.1 Å². The van der Waals surface area contributed by atoms with E-state index >= 15 is 0 Å². The Balaban J connectivity index is 1.28. The minimum Gasteiger partial charge on any atom is -0.508 e. The number of rotatable bonds is 13. The summed E-state index contributed by atoms with van der Waals surface area (Å²) in [6.45, 7) is 11.7. The predicted octanol–water partition coefficient (Wildman–Crippen LogP) is 6.36. The Morgan fingerprint density at radius 2 is 1.55 bits per heavy atom. The van der Waals surface area contributed by atoms with Gasteiger partial charge in [-0.25, -0.2) is 4.79 Å². The third-order valence-corrected chi connectivity index (χ3v) is 9.05. The van der Waals surface area contributed by atoms with Gasteiger partial charge in [0.1, 0.15) is 23.5 Å². The van der Waals surface area contributed by atoms with E-state index in [0.29, 0.717) is 48.5 Å². The number of hydrogen-bond donors (Lipinski definition) is 1. The highest BCUT2D eigenvalue weighted by molar-refractivity contribution is 5.94. The van der Waals surface area contributed by atoms with Gasteiger partial charge in [0.05, 0.1) is 6.04 Å². The van der Waals surface area contributed by atoms with Crippen LogP contribution in [0.1, 0.15) is 71.1 Å². The first kappa shape index (κ1) is 35.3. The number of esters is 1. The van der Waals surface area contributed by atoms with Gasteiger partial charge in [0, 0.05) is 55.9 Å². The van der Waals surface area contributed by atoms with Crippen molar-refractivity contribution in [3.63, 3.8) is 0 Å². The Morgan fingerprint density at radius 3 is 2.29 bits per heavy atom. The predicted molar refractivity (Wildman–Crippen MR) is 189 cm³/mol. The van der Waals surface area contributed by atoms with Gasteiger partial charge in [-0.2, -0.15) is 0 Å². The number of carbonyl (C=O) groups is 3. The Bertz CT molecular complexity index is 1760. The topological polar surface area (TPSA) is 99.6 Å². The van der Waals surface area contributed by atoms with E-state index in [0.717, 1.165) is 29.8 Å². The Hall–Kier alpha value is -4.99. The van der Waals surface area contributed by atoms with Crippen molar-refractivity contribution in [1.29, 1.82) is 0 Å². The van der Waals surface area contributed by atoms with Crippen LogP contribution >= 0.6 is 0 Å². The van der Waals surface area contributed by atoms with Crippen molar-refractivity contribution in [2.45, 2.75) is 52.4 Å². The van der Waals surface area contributed by atoms with Crippen LogP contribution in [-0.4, -0.2) is 82.8 Å². The number of phenolic OH excluding ortho intramolecular Hbond substituents is 1. The summed E-state index contributed by atoms with van der Waals surface area (Å²) in [5.74, 6) is 0.524. The largest absolute Gasteiger partial charge is 0.508 e. The lowest BCUT2D eigenvalue weighted by molar-refractivity contribution is -0.136. The second kappa shape index (κ2) is 16.4. The van der Waals surface area contributed by atoms with E-state index in [1.165, 1.54) is 6.07 Å². The van der Waals surface area contributed by atoms with Crippen molar-refractivity contribution in [2.24, 2.45) is 0 Å². The Morgan fingerprint density at radius 1 is 0.857 bits per heavy atom. The summed E-state index contributed by atoms with van der Waals surface area (Å²) < 4.78 is 11.1. The highest BCUT2D eigenvalue weighted by atomic mass is 16.6. The number of carbonyl (C=O) groups excluding carboxylic acids is 3. The van der Waals surface area contributed by atoms with E-state index in [1.807, 2.05) is 79.4 Å². The lowest BCUT2D eigenvalue weighted by Gasteiger charge is -2.47. The maximum absolute atomic E-state index is 13.3. The molecule has 4 aromatic carbocycles. The molecule has 0 aromatic heterocycles. The molecule has 0 spiro atoms. The van der Waals surface area contributed by atoms with Gasteiger partial charge in [-0.3, -0.25) is 19.4 Å². The fourth-order valence-electron chi connectivity index (χ4n) is 6.53. The number of nitrogens with zero attached hydrogens (tertiary/aromatic N) is 3. The minimum absolute atomic E-state index is 0.0141. The summed E-state index contributed by atoms with van der Waals surface area (Å²) in [6.07, 6.45) is 0.699. The molecule has 0 radical (unpaired) electrons. The van der Waals surface area contributed by atoms with E-state index in [2.05, 4.69) is 29.7 Å². The van der Waals surface area contributed by atoms with Gasteiger partial charge in [0.2, 0.25) is 0 Å². The van der Waals surface area contributed by atoms with Crippen molar-refractivity contribution < 1.29 is 29.0 Å². The fourth-order valence-corrected chi connectivity index (χ4v) is 6.53. The van der Waals surface area contributed by atoms with E-state index in [4.69, 9.17) is 9.47 Å². The van der Waals surface area contributed by atoms with Crippen LogP contribution in [0.25, 0.3) is 0 Å². The van der Waals surface area contributed by atoms with Crippen LogP contribution in [0.3, 0.4) is 0 Å². The van der Waals surface area contributed by atoms with E-state index in [1.54, 1.807) is 24.3 Å². The summed E-state index contributed by atoms with van der Waals surface area (Å²) in [7, 11) is 0. The number of phenols is 1. The second-order valence-corrected chi connectivity index (χ2v) is 12.5. The molecule has 3 atom stereocenters. The first-order valence-electron chi connectivity index (χ1n) is 16.8. The third kappa shape index (κ3) is 8.93. The number of amides is 1. The summed E-state index contributed by atoms with van der Waals surface area (Å²) in [5.41, 5.74) is 4.13. The highest BCUT2D eigenvalue weighted by Crippen LogP contribution is 2.35. The van der Waals surface area contributed by atoms with Gasteiger partial charge >= 0.3 is 5.97 Å². The fraction of sp³-hybridized carbons (Fsp3) is 0.325. The molecule has 1 fully saturated rings. The quantitative estimate of drug-likeness (QED) is 0.100. The molecule has 1 aliphatic heterocycles. The molecular formula is C40H45N3O6.